The van der Waals surface area contributed by atoms with Gasteiger partial charge in [-0.2, -0.15) is 13.2 Å². The Labute approximate surface area is 140 Å². The summed E-state index contributed by atoms with van der Waals surface area (Å²) in [5.74, 6) is -2.02. The van der Waals surface area contributed by atoms with E-state index in [1.54, 1.807) is 0 Å². The van der Waals surface area contributed by atoms with Gasteiger partial charge in [-0.1, -0.05) is 11.6 Å². The van der Waals surface area contributed by atoms with Crippen molar-refractivity contribution in [2.45, 2.75) is 37.9 Å². The van der Waals surface area contributed by atoms with E-state index in [2.05, 4.69) is 5.32 Å². The molecule has 1 aromatic rings. The average molecular weight is 366 g/mol. The molecule has 1 aromatic carbocycles. The molecular weight excluding hydrogens is 351 g/mol. The first-order valence-corrected chi connectivity index (χ1v) is 7.58. The zero-order valence-electron chi connectivity index (χ0n) is 12.4. The van der Waals surface area contributed by atoms with Gasteiger partial charge in [-0.15, -0.1) is 0 Å². The average Bonchev–Trinajstić information content (AvgIpc) is 2.46. The third-order valence-corrected chi connectivity index (χ3v) is 4.40. The Kier molecular flexibility index (Phi) is 5.22. The van der Waals surface area contributed by atoms with E-state index < -0.39 is 34.7 Å². The molecule has 0 aliphatic heterocycles. The van der Waals surface area contributed by atoms with Crippen LogP contribution >= 0.6 is 11.6 Å². The van der Waals surface area contributed by atoms with Crippen molar-refractivity contribution in [3.8, 4) is 0 Å². The molecule has 0 radical (unpaired) electrons. The molecule has 132 valence electrons. The number of carbonyl (C=O) groups excluding carboxylic acids is 1. The van der Waals surface area contributed by atoms with Crippen molar-refractivity contribution in [3.63, 3.8) is 0 Å². The lowest BCUT2D eigenvalue weighted by atomic mass is 9.85. The van der Waals surface area contributed by atoms with Gasteiger partial charge in [0.25, 0.3) is 11.6 Å². The van der Waals surface area contributed by atoms with Crippen molar-refractivity contribution in [2.24, 2.45) is 5.92 Å². The third-order valence-electron chi connectivity index (χ3n) is 4.08. The predicted molar refractivity (Wildman–Crippen MR) is 81.8 cm³/mol. The van der Waals surface area contributed by atoms with E-state index in [1.165, 1.54) is 0 Å². The number of hydrogen-bond acceptors (Lipinski definition) is 4. The lowest BCUT2D eigenvalue weighted by molar-refractivity contribution is -0.383. The summed E-state index contributed by atoms with van der Waals surface area (Å²) in [6.45, 7) is 0. The second-order valence-corrected chi connectivity index (χ2v) is 6.12. The summed E-state index contributed by atoms with van der Waals surface area (Å²) < 4.78 is 37.9. The number of alkyl halides is 3. The van der Waals surface area contributed by atoms with Crippen LogP contribution in [0.3, 0.4) is 0 Å². The van der Waals surface area contributed by atoms with Crippen LogP contribution in [0, 0.1) is 16.0 Å². The highest BCUT2D eigenvalue weighted by atomic mass is 35.5. The maximum atomic E-state index is 12.6. The van der Waals surface area contributed by atoms with Crippen molar-refractivity contribution >= 4 is 28.9 Å². The van der Waals surface area contributed by atoms with Gasteiger partial charge in [0.2, 0.25) is 0 Å². The third kappa shape index (κ3) is 4.08. The van der Waals surface area contributed by atoms with Crippen molar-refractivity contribution in [3.05, 3.63) is 32.8 Å². The van der Waals surface area contributed by atoms with E-state index in [0.29, 0.717) is 0 Å². The highest BCUT2D eigenvalue weighted by Gasteiger charge is 2.41. The summed E-state index contributed by atoms with van der Waals surface area (Å²) in [4.78, 5) is 22.4. The molecule has 0 spiro atoms. The number of nitrogens with zero attached hydrogens (tertiary/aromatic N) is 1. The van der Waals surface area contributed by atoms with Gasteiger partial charge in [0.1, 0.15) is 5.69 Å². The SMILES string of the molecule is Nc1cc(Cl)c(C(=O)NC2CCC(C(F)(F)F)CC2)cc1[N+](=O)[O-]. The van der Waals surface area contributed by atoms with Crippen molar-refractivity contribution in [1.82, 2.24) is 5.32 Å². The van der Waals surface area contributed by atoms with E-state index in [9.17, 15) is 28.1 Å². The van der Waals surface area contributed by atoms with Crippen LogP contribution in [0.15, 0.2) is 12.1 Å². The number of halogens is 4. The van der Waals surface area contributed by atoms with Gasteiger partial charge in [0.15, 0.2) is 0 Å². The number of carbonyl (C=O) groups is 1. The minimum atomic E-state index is -4.23. The Hall–Kier alpha value is -2.03. The number of nitrogen functional groups attached to an aromatic ring is 1. The van der Waals surface area contributed by atoms with Gasteiger partial charge in [-0.05, 0) is 31.7 Å². The van der Waals surface area contributed by atoms with Crippen LogP contribution in [-0.4, -0.2) is 23.0 Å². The Morgan fingerprint density at radius 1 is 1.29 bits per heavy atom. The zero-order valence-corrected chi connectivity index (χ0v) is 13.2. The van der Waals surface area contributed by atoms with E-state index in [-0.39, 0.29) is 42.0 Å². The summed E-state index contributed by atoms with van der Waals surface area (Å²) in [5.41, 5.74) is 4.71. The molecule has 0 saturated heterocycles. The first kappa shape index (κ1) is 18.3. The highest BCUT2D eigenvalue weighted by Crippen LogP contribution is 2.37. The molecular formula is C14H15ClF3N3O3. The number of hydrogen-bond donors (Lipinski definition) is 2. The summed E-state index contributed by atoms with van der Waals surface area (Å²) in [6.07, 6.45) is -3.99. The Morgan fingerprint density at radius 2 is 1.88 bits per heavy atom. The fourth-order valence-electron chi connectivity index (χ4n) is 2.74. The monoisotopic (exact) mass is 365 g/mol. The number of nitrogens with one attached hydrogen (secondary N) is 1. The molecule has 1 aliphatic rings. The van der Waals surface area contributed by atoms with E-state index in [1.807, 2.05) is 0 Å². The summed E-state index contributed by atoms with van der Waals surface area (Å²) in [6, 6.07) is 1.65. The molecule has 1 amide bonds. The minimum absolute atomic E-state index is 0.0559. The second kappa shape index (κ2) is 6.84. The minimum Gasteiger partial charge on any atom is -0.393 e. The van der Waals surface area contributed by atoms with Gasteiger partial charge in [0, 0.05) is 12.1 Å². The lowest BCUT2D eigenvalue weighted by Crippen LogP contribution is -2.40. The second-order valence-electron chi connectivity index (χ2n) is 5.71. The van der Waals surface area contributed by atoms with Gasteiger partial charge < -0.3 is 11.1 Å². The number of nitrogens with two attached hydrogens (primary N) is 1. The van der Waals surface area contributed by atoms with Crippen molar-refractivity contribution < 1.29 is 22.9 Å². The molecule has 0 bridgehead atoms. The number of anilines is 1. The summed E-state index contributed by atoms with van der Waals surface area (Å²) in [7, 11) is 0. The molecule has 0 atom stereocenters. The molecule has 10 heteroatoms. The molecule has 0 aromatic heterocycles. The topological polar surface area (TPSA) is 98.3 Å². The first-order valence-electron chi connectivity index (χ1n) is 7.20. The molecule has 24 heavy (non-hydrogen) atoms. The highest BCUT2D eigenvalue weighted by molar-refractivity contribution is 6.34. The smallest absolute Gasteiger partial charge is 0.391 e. The normalized spacial score (nSPS) is 21.3. The molecule has 3 N–H and O–H groups in total. The zero-order chi connectivity index (χ0) is 18.1. The van der Waals surface area contributed by atoms with Gasteiger partial charge in [-0.3, -0.25) is 14.9 Å². The maximum Gasteiger partial charge on any atom is 0.391 e. The van der Waals surface area contributed by atoms with Crippen LogP contribution in [0.25, 0.3) is 0 Å². The van der Waals surface area contributed by atoms with Crippen LogP contribution in [0.4, 0.5) is 24.5 Å². The molecule has 0 heterocycles. The summed E-state index contributed by atoms with van der Waals surface area (Å²) >= 11 is 5.89. The molecule has 1 saturated carbocycles. The van der Waals surface area contributed by atoms with Gasteiger partial charge >= 0.3 is 6.18 Å². The predicted octanol–water partition coefficient (Wildman–Crippen LogP) is 3.68. The number of amides is 1. The van der Waals surface area contributed by atoms with Crippen LogP contribution in [0.1, 0.15) is 36.0 Å². The molecule has 6 nitrogen and oxygen atoms in total. The van der Waals surface area contributed by atoms with Gasteiger partial charge in [-0.25, -0.2) is 0 Å². The standard InChI is InChI=1S/C14H15ClF3N3O3/c15-10-6-11(19)12(21(23)24)5-9(10)13(22)20-8-3-1-7(2-4-8)14(16,17)18/h5-8H,1-4,19H2,(H,20,22). The van der Waals surface area contributed by atoms with Crippen LogP contribution in [0.2, 0.25) is 5.02 Å². The largest absolute Gasteiger partial charge is 0.393 e. The van der Waals surface area contributed by atoms with E-state index in [0.717, 1.165) is 12.1 Å². The summed E-state index contributed by atoms with van der Waals surface area (Å²) in [5, 5.41) is 13.4. The number of rotatable bonds is 3. The van der Waals surface area contributed by atoms with E-state index >= 15 is 0 Å². The molecule has 0 unspecified atom stereocenters. The number of benzene rings is 1. The van der Waals surface area contributed by atoms with Crippen LogP contribution in [-0.2, 0) is 0 Å². The van der Waals surface area contributed by atoms with Crippen LogP contribution in [0.5, 0.6) is 0 Å². The molecule has 2 rings (SSSR count). The first-order chi connectivity index (χ1) is 11.1. The Balaban J connectivity index is 2.06. The van der Waals surface area contributed by atoms with Crippen molar-refractivity contribution in [2.75, 3.05) is 5.73 Å². The Morgan fingerprint density at radius 3 is 2.38 bits per heavy atom. The number of nitro benzene ring substituents is 1. The lowest BCUT2D eigenvalue weighted by Gasteiger charge is -2.30. The molecule has 1 fully saturated rings. The number of nitro groups is 1. The van der Waals surface area contributed by atoms with E-state index in [4.69, 9.17) is 17.3 Å². The van der Waals surface area contributed by atoms with Crippen molar-refractivity contribution in [1.29, 1.82) is 0 Å². The fourth-order valence-corrected chi connectivity index (χ4v) is 3.00. The van der Waals surface area contributed by atoms with Gasteiger partial charge in [0.05, 0.1) is 21.4 Å². The quantitative estimate of drug-likeness (QED) is 0.485. The van der Waals surface area contributed by atoms with Crippen LogP contribution < -0.4 is 11.1 Å². The fraction of sp³-hybridized carbons (Fsp3) is 0.500. The Bertz CT molecular complexity index is 659. The maximum absolute atomic E-state index is 12.6. The molecule has 1 aliphatic carbocycles.